The third-order valence-corrected chi connectivity index (χ3v) is 2.94. The minimum Gasteiger partial charge on any atom is -0.348 e. The minimum absolute atomic E-state index is 0.131. The number of amides is 1. The van der Waals surface area contributed by atoms with Gasteiger partial charge in [-0.2, -0.15) is 0 Å². The highest BCUT2D eigenvalue weighted by atomic mass is 16.2. The second-order valence-corrected chi connectivity index (χ2v) is 4.62. The van der Waals surface area contributed by atoms with E-state index in [1.807, 2.05) is 12.1 Å². The van der Waals surface area contributed by atoms with E-state index in [1.54, 1.807) is 19.0 Å². The van der Waals surface area contributed by atoms with Crippen LogP contribution in [0.25, 0.3) is 0 Å². The number of benzene rings is 1. The molecule has 0 saturated carbocycles. The first-order chi connectivity index (χ1) is 8.56. The van der Waals surface area contributed by atoms with E-state index in [1.165, 1.54) is 5.56 Å². The molecule has 1 rings (SSSR count). The molecule has 4 heteroatoms. The molecule has 0 saturated heterocycles. The van der Waals surface area contributed by atoms with Gasteiger partial charge in [-0.25, -0.2) is 0 Å². The topological polar surface area (TPSA) is 49.6 Å². The van der Waals surface area contributed by atoms with Crippen molar-refractivity contribution in [2.75, 3.05) is 27.2 Å². The van der Waals surface area contributed by atoms with Crippen molar-refractivity contribution >= 4 is 5.91 Å². The predicted molar refractivity (Wildman–Crippen MR) is 74.0 cm³/mol. The van der Waals surface area contributed by atoms with E-state index in [2.05, 4.69) is 24.0 Å². The van der Waals surface area contributed by atoms with E-state index in [9.17, 15) is 4.79 Å². The van der Waals surface area contributed by atoms with Crippen LogP contribution in [0.5, 0.6) is 0 Å². The molecule has 100 valence electrons. The van der Waals surface area contributed by atoms with Gasteiger partial charge in [0, 0.05) is 27.2 Å². The molecule has 0 aliphatic rings. The van der Waals surface area contributed by atoms with Gasteiger partial charge in [0.15, 0.2) is 0 Å². The standard InChI is InChI=1S/C14H23N3O/c1-4-17(11-14(18)16(2)3)10-13-7-5-6-12(8-13)9-15/h5-8H,4,9-11,15H2,1-3H3. The maximum atomic E-state index is 11.7. The lowest BCUT2D eigenvalue weighted by Gasteiger charge is -2.22. The summed E-state index contributed by atoms with van der Waals surface area (Å²) < 4.78 is 0. The van der Waals surface area contributed by atoms with Gasteiger partial charge in [-0.1, -0.05) is 31.2 Å². The first kappa shape index (κ1) is 14.7. The van der Waals surface area contributed by atoms with Gasteiger partial charge in [0.2, 0.25) is 5.91 Å². The number of nitrogens with zero attached hydrogens (tertiary/aromatic N) is 2. The van der Waals surface area contributed by atoms with E-state index < -0.39 is 0 Å². The zero-order chi connectivity index (χ0) is 13.5. The summed E-state index contributed by atoms with van der Waals surface area (Å²) in [5, 5.41) is 0. The molecule has 0 heterocycles. The van der Waals surface area contributed by atoms with Gasteiger partial charge in [-0.15, -0.1) is 0 Å². The lowest BCUT2D eigenvalue weighted by Crippen LogP contribution is -2.36. The average molecular weight is 249 g/mol. The molecule has 1 aromatic carbocycles. The zero-order valence-corrected chi connectivity index (χ0v) is 11.5. The largest absolute Gasteiger partial charge is 0.348 e. The van der Waals surface area contributed by atoms with Gasteiger partial charge in [-0.05, 0) is 17.7 Å². The highest BCUT2D eigenvalue weighted by Gasteiger charge is 2.11. The van der Waals surface area contributed by atoms with Crippen LogP contribution in [0, 0.1) is 0 Å². The van der Waals surface area contributed by atoms with E-state index in [0.717, 1.165) is 18.7 Å². The predicted octanol–water partition coefficient (Wildman–Crippen LogP) is 1.06. The number of nitrogens with two attached hydrogens (primary N) is 1. The van der Waals surface area contributed by atoms with Crippen LogP contribution in [0.15, 0.2) is 24.3 Å². The van der Waals surface area contributed by atoms with Crippen molar-refractivity contribution in [3.05, 3.63) is 35.4 Å². The quantitative estimate of drug-likeness (QED) is 0.820. The number of rotatable bonds is 6. The van der Waals surface area contributed by atoms with E-state index >= 15 is 0 Å². The third-order valence-electron chi connectivity index (χ3n) is 2.94. The maximum absolute atomic E-state index is 11.7. The molecule has 0 atom stereocenters. The van der Waals surface area contributed by atoms with Crippen LogP contribution < -0.4 is 5.73 Å². The second kappa shape index (κ2) is 7.13. The molecule has 0 radical (unpaired) electrons. The van der Waals surface area contributed by atoms with Gasteiger partial charge < -0.3 is 10.6 Å². The van der Waals surface area contributed by atoms with Crippen LogP contribution in [0.1, 0.15) is 18.1 Å². The van der Waals surface area contributed by atoms with Crippen molar-refractivity contribution in [2.45, 2.75) is 20.0 Å². The van der Waals surface area contributed by atoms with Gasteiger partial charge in [0.25, 0.3) is 0 Å². The number of hydrogen-bond donors (Lipinski definition) is 1. The summed E-state index contributed by atoms with van der Waals surface area (Å²) in [6.45, 7) is 4.71. The first-order valence-electron chi connectivity index (χ1n) is 6.27. The molecule has 1 aromatic rings. The molecule has 0 aliphatic carbocycles. The van der Waals surface area contributed by atoms with Crippen LogP contribution in [0.3, 0.4) is 0 Å². The fraction of sp³-hybridized carbons (Fsp3) is 0.500. The van der Waals surface area contributed by atoms with Gasteiger partial charge in [0.1, 0.15) is 0 Å². The Hall–Kier alpha value is -1.39. The monoisotopic (exact) mass is 249 g/mol. The third kappa shape index (κ3) is 4.47. The average Bonchev–Trinajstić information content (AvgIpc) is 2.37. The summed E-state index contributed by atoms with van der Waals surface area (Å²) >= 11 is 0. The Balaban J connectivity index is 2.64. The number of carbonyl (C=O) groups excluding carboxylic acids is 1. The van der Waals surface area contributed by atoms with Crippen LogP contribution >= 0.6 is 0 Å². The van der Waals surface area contributed by atoms with E-state index in [0.29, 0.717) is 13.1 Å². The van der Waals surface area contributed by atoms with Crippen molar-refractivity contribution < 1.29 is 4.79 Å². The summed E-state index contributed by atoms with van der Waals surface area (Å²) in [6, 6.07) is 8.20. The molecule has 18 heavy (non-hydrogen) atoms. The lowest BCUT2D eigenvalue weighted by molar-refractivity contribution is -0.130. The molecule has 4 nitrogen and oxygen atoms in total. The number of hydrogen-bond acceptors (Lipinski definition) is 3. The summed E-state index contributed by atoms with van der Waals surface area (Å²) in [6.07, 6.45) is 0. The molecular formula is C14H23N3O. The van der Waals surface area contributed by atoms with Gasteiger partial charge in [0.05, 0.1) is 6.54 Å². The summed E-state index contributed by atoms with van der Waals surface area (Å²) in [5.41, 5.74) is 7.96. The van der Waals surface area contributed by atoms with Crippen molar-refractivity contribution in [1.29, 1.82) is 0 Å². The van der Waals surface area contributed by atoms with Gasteiger partial charge in [-0.3, -0.25) is 9.69 Å². The Morgan fingerprint density at radius 3 is 2.50 bits per heavy atom. The molecule has 2 N–H and O–H groups in total. The van der Waals surface area contributed by atoms with E-state index in [4.69, 9.17) is 5.73 Å². The lowest BCUT2D eigenvalue weighted by atomic mass is 10.1. The molecular weight excluding hydrogens is 226 g/mol. The fourth-order valence-corrected chi connectivity index (χ4v) is 1.73. The molecule has 0 bridgehead atoms. The van der Waals surface area contributed by atoms with Crippen molar-refractivity contribution in [2.24, 2.45) is 5.73 Å². The Morgan fingerprint density at radius 1 is 1.28 bits per heavy atom. The smallest absolute Gasteiger partial charge is 0.236 e. The first-order valence-corrected chi connectivity index (χ1v) is 6.27. The Labute approximate surface area is 109 Å². The maximum Gasteiger partial charge on any atom is 0.236 e. The van der Waals surface area contributed by atoms with Crippen LogP contribution in [-0.2, 0) is 17.9 Å². The number of likely N-dealkylation sites (N-methyl/N-ethyl adjacent to an activating group) is 2. The van der Waals surface area contributed by atoms with Gasteiger partial charge >= 0.3 is 0 Å². The summed E-state index contributed by atoms with van der Waals surface area (Å²) in [4.78, 5) is 15.4. The zero-order valence-electron chi connectivity index (χ0n) is 11.5. The normalized spacial score (nSPS) is 10.7. The molecule has 0 fully saturated rings. The Kier molecular flexibility index (Phi) is 5.82. The van der Waals surface area contributed by atoms with Crippen LogP contribution in [-0.4, -0.2) is 42.9 Å². The van der Waals surface area contributed by atoms with Crippen molar-refractivity contribution in [3.8, 4) is 0 Å². The second-order valence-electron chi connectivity index (χ2n) is 4.62. The highest BCUT2D eigenvalue weighted by molar-refractivity contribution is 5.77. The Bertz CT molecular complexity index is 390. The molecule has 0 unspecified atom stereocenters. The molecule has 0 spiro atoms. The SMILES string of the molecule is CCN(CC(=O)N(C)C)Cc1cccc(CN)c1. The summed E-state index contributed by atoms with van der Waals surface area (Å²) in [5.74, 6) is 0.131. The Morgan fingerprint density at radius 2 is 1.94 bits per heavy atom. The summed E-state index contributed by atoms with van der Waals surface area (Å²) in [7, 11) is 3.57. The van der Waals surface area contributed by atoms with Crippen molar-refractivity contribution in [3.63, 3.8) is 0 Å². The van der Waals surface area contributed by atoms with Crippen molar-refractivity contribution in [1.82, 2.24) is 9.80 Å². The fourth-order valence-electron chi connectivity index (χ4n) is 1.73. The number of carbonyl (C=O) groups is 1. The minimum atomic E-state index is 0.131. The van der Waals surface area contributed by atoms with Crippen LogP contribution in [0.2, 0.25) is 0 Å². The molecule has 0 aromatic heterocycles. The van der Waals surface area contributed by atoms with Crippen LogP contribution in [0.4, 0.5) is 0 Å². The molecule has 1 amide bonds. The molecule has 0 aliphatic heterocycles. The highest BCUT2D eigenvalue weighted by Crippen LogP contribution is 2.08. The van der Waals surface area contributed by atoms with E-state index in [-0.39, 0.29) is 5.91 Å².